The van der Waals surface area contributed by atoms with Gasteiger partial charge >= 0.3 is 0 Å². The van der Waals surface area contributed by atoms with Crippen LogP contribution in [-0.4, -0.2) is 7.05 Å². The molecule has 2 rings (SSSR count). The molecular weight excluding hydrogens is 278 g/mol. The molecule has 19 heavy (non-hydrogen) atoms. The molecule has 0 radical (unpaired) electrons. The minimum absolute atomic E-state index is 0.614. The summed E-state index contributed by atoms with van der Waals surface area (Å²) in [6.07, 6.45) is 1.08. The van der Waals surface area contributed by atoms with E-state index in [4.69, 9.17) is 16.3 Å². The number of ether oxygens (including phenoxy) is 1. The van der Waals surface area contributed by atoms with Crippen molar-refractivity contribution in [1.82, 2.24) is 5.32 Å². The average molecular weight is 296 g/mol. The molecule has 0 atom stereocenters. The van der Waals surface area contributed by atoms with E-state index in [1.54, 1.807) is 0 Å². The fourth-order valence-corrected chi connectivity index (χ4v) is 2.92. The molecular formula is C15H18ClNOS. The van der Waals surface area contributed by atoms with Gasteiger partial charge in [0.2, 0.25) is 0 Å². The van der Waals surface area contributed by atoms with Crippen LogP contribution in [0.1, 0.15) is 22.2 Å². The normalized spacial score (nSPS) is 10.7. The summed E-state index contributed by atoms with van der Waals surface area (Å²) < 4.78 is 5.90. The average Bonchev–Trinajstić information content (AvgIpc) is 2.86. The Hall–Kier alpha value is -1.03. The molecule has 102 valence electrons. The molecule has 0 aliphatic rings. The lowest BCUT2D eigenvalue weighted by Crippen LogP contribution is -2.07. The van der Waals surface area contributed by atoms with E-state index in [9.17, 15) is 0 Å². The first kappa shape index (κ1) is 14.4. The van der Waals surface area contributed by atoms with Crippen molar-refractivity contribution in [2.45, 2.75) is 26.5 Å². The van der Waals surface area contributed by atoms with E-state index < -0.39 is 0 Å². The van der Waals surface area contributed by atoms with E-state index >= 15 is 0 Å². The van der Waals surface area contributed by atoms with E-state index in [0.717, 1.165) is 29.3 Å². The Labute approximate surface area is 123 Å². The van der Waals surface area contributed by atoms with Crippen molar-refractivity contribution >= 4 is 22.9 Å². The van der Waals surface area contributed by atoms with Gasteiger partial charge in [-0.25, -0.2) is 0 Å². The second-order valence-corrected chi connectivity index (χ2v) is 5.98. The van der Waals surface area contributed by atoms with Crippen molar-refractivity contribution < 1.29 is 4.74 Å². The molecule has 1 aromatic carbocycles. The number of nitrogens with one attached hydrogen (secondary N) is 1. The van der Waals surface area contributed by atoms with Crippen LogP contribution in [0.4, 0.5) is 0 Å². The maximum Gasteiger partial charge on any atom is 0.124 e. The standard InChI is InChI=1S/C15H18ClNOS/c1-3-13-5-6-14(19-13)10-18-15-7-4-12(16)8-11(15)9-17-2/h4-8,17H,3,9-10H2,1-2H3. The van der Waals surface area contributed by atoms with Gasteiger partial charge in [-0.15, -0.1) is 11.3 Å². The van der Waals surface area contributed by atoms with Gasteiger partial charge in [0.1, 0.15) is 12.4 Å². The number of benzene rings is 1. The summed E-state index contributed by atoms with van der Waals surface area (Å²) in [5.74, 6) is 0.894. The fraction of sp³-hybridized carbons (Fsp3) is 0.333. The van der Waals surface area contributed by atoms with Crippen LogP contribution in [0, 0.1) is 0 Å². The monoisotopic (exact) mass is 295 g/mol. The lowest BCUT2D eigenvalue weighted by molar-refractivity contribution is 0.306. The largest absolute Gasteiger partial charge is 0.488 e. The topological polar surface area (TPSA) is 21.3 Å². The molecule has 1 aromatic heterocycles. The van der Waals surface area contributed by atoms with Gasteiger partial charge in [-0.3, -0.25) is 0 Å². The molecule has 0 fully saturated rings. The number of aryl methyl sites for hydroxylation is 1. The van der Waals surface area contributed by atoms with E-state index in [0.29, 0.717) is 6.61 Å². The van der Waals surface area contributed by atoms with Crippen LogP contribution in [0.15, 0.2) is 30.3 Å². The molecule has 2 aromatic rings. The highest BCUT2D eigenvalue weighted by molar-refractivity contribution is 7.11. The molecule has 0 aliphatic carbocycles. The Morgan fingerprint density at radius 2 is 2.00 bits per heavy atom. The molecule has 0 bridgehead atoms. The van der Waals surface area contributed by atoms with Crippen molar-refractivity contribution in [2.75, 3.05) is 7.05 Å². The van der Waals surface area contributed by atoms with Gasteiger partial charge in [-0.05, 0) is 43.8 Å². The number of thiophene rings is 1. The molecule has 0 spiro atoms. The minimum Gasteiger partial charge on any atom is -0.488 e. The van der Waals surface area contributed by atoms with Crippen LogP contribution in [0.5, 0.6) is 5.75 Å². The quantitative estimate of drug-likeness (QED) is 0.859. The second-order valence-electron chi connectivity index (χ2n) is 4.29. The van der Waals surface area contributed by atoms with E-state index in [1.165, 1.54) is 9.75 Å². The summed E-state index contributed by atoms with van der Waals surface area (Å²) in [5.41, 5.74) is 1.09. The number of hydrogen-bond donors (Lipinski definition) is 1. The van der Waals surface area contributed by atoms with Crippen molar-refractivity contribution in [3.05, 3.63) is 50.7 Å². The van der Waals surface area contributed by atoms with Gasteiger partial charge in [0.15, 0.2) is 0 Å². The van der Waals surface area contributed by atoms with Gasteiger partial charge in [0.05, 0.1) is 0 Å². The minimum atomic E-state index is 0.614. The molecule has 0 unspecified atom stereocenters. The molecule has 2 nitrogen and oxygen atoms in total. The van der Waals surface area contributed by atoms with Gasteiger partial charge in [-0.2, -0.15) is 0 Å². The van der Waals surface area contributed by atoms with Crippen molar-refractivity contribution in [3.8, 4) is 5.75 Å². The van der Waals surface area contributed by atoms with Gasteiger partial charge < -0.3 is 10.1 Å². The van der Waals surface area contributed by atoms with Gasteiger partial charge in [-0.1, -0.05) is 18.5 Å². The molecule has 0 aliphatic heterocycles. The van der Waals surface area contributed by atoms with Crippen LogP contribution in [0.2, 0.25) is 5.02 Å². The van der Waals surface area contributed by atoms with Gasteiger partial charge in [0, 0.05) is 26.9 Å². The molecule has 1 N–H and O–H groups in total. The summed E-state index contributed by atoms with van der Waals surface area (Å²) >= 11 is 7.82. The highest BCUT2D eigenvalue weighted by atomic mass is 35.5. The van der Waals surface area contributed by atoms with Crippen molar-refractivity contribution in [3.63, 3.8) is 0 Å². The first-order chi connectivity index (χ1) is 9.22. The highest BCUT2D eigenvalue weighted by Gasteiger charge is 2.06. The Morgan fingerprint density at radius 3 is 2.68 bits per heavy atom. The van der Waals surface area contributed by atoms with E-state index in [-0.39, 0.29) is 0 Å². The molecule has 0 saturated heterocycles. The third-order valence-electron chi connectivity index (χ3n) is 2.83. The summed E-state index contributed by atoms with van der Waals surface area (Å²) in [6.45, 7) is 3.53. The predicted octanol–water partition coefficient (Wildman–Crippen LogP) is 4.26. The van der Waals surface area contributed by atoms with Crippen molar-refractivity contribution in [1.29, 1.82) is 0 Å². The number of rotatable bonds is 6. The zero-order valence-electron chi connectivity index (χ0n) is 11.2. The summed E-state index contributed by atoms with van der Waals surface area (Å²) in [4.78, 5) is 2.65. The van der Waals surface area contributed by atoms with Crippen LogP contribution in [-0.2, 0) is 19.6 Å². The van der Waals surface area contributed by atoms with E-state index in [1.807, 2.05) is 36.6 Å². The number of hydrogen-bond acceptors (Lipinski definition) is 3. The Kier molecular flexibility index (Phi) is 5.25. The lowest BCUT2D eigenvalue weighted by atomic mass is 10.2. The smallest absolute Gasteiger partial charge is 0.124 e. The predicted molar refractivity (Wildman–Crippen MR) is 82.2 cm³/mol. The first-order valence-corrected chi connectivity index (χ1v) is 7.55. The van der Waals surface area contributed by atoms with Crippen LogP contribution < -0.4 is 10.1 Å². The SMILES string of the molecule is CCc1ccc(COc2ccc(Cl)cc2CNC)s1. The Bertz CT molecular complexity index is 539. The lowest BCUT2D eigenvalue weighted by Gasteiger charge is -2.11. The molecule has 1 heterocycles. The summed E-state index contributed by atoms with van der Waals surface area (Å²) in [5, 5.41) is 3.86. The third-order valence-corrected chi connectivity index (χ3v) is 4.26. The molecule has 0 saturated carbocycles. The number of halogens is 1. The maximum absolute atomic E-state index is 6.01. The van der Waals surface area contributed by atoms with Gasteiger partial charge in [0.25, 0.3) is 0 Å². The summed E-state index contributed by atoms with van der Waals surface area (Å²) in [7, 11) is 1.91. The Morgan fingerprint density at radius 1 is 1.21 bits per heavy atom. The third kappa shape index (κ3) is 3.96. The Balaban J connectivity index is 2.05. The summed E-state index contributed by atoms with van der Waals surface area (Å²) in [6, 6.07) is 10.0. The molecule has 0 amide bonds. The van der Waals surface area contributed by atoms with E-state index in [2.05, 4.69) is 24.4 Å². The van der Waals surface area contributed by atoms with Crippen LogP contribution >= 0.6 is 22.9 Å². The van der Waals surface area contributed by atoms with Crippen molar-refractivity contribution in [2.24, 2.45) is 0 Å². The maximum atomic E-state index is 6.01. The second kappa shape index (κ2) is 6.94. The van der Waals surface area contributed by atoms with Crippen LogP contribution in [0.3, 0.4) is 0 Å². The molecule has 4 heteroatoms. The van der Waals surface area contributed by atoms with Crippen LogP contribution in [0.25, 0.3) is 0 Å². The first-order valence-electron chi connectivity index (χ1n) is 6.36. The highest BCUT2D eigenvalue weighted by Crippen LogP contribution is 2.25. The fourth-order valence-electron chi connectivity index (χ4n) is 1.86. The zero-order chi connectivity index (χ0) is 13.7. The zero-order valence-corrected chi connectivity index (χ0v) is 12.8.